The number of ether oxygens (including phenoxy) is 1. The molecule has 1 aromatic heterocycles. The molecule has 0 aliphatic carbocycles. The Hall–Kier alpha value is -1.29. The molecule has 2 heterocycles. The lowest BCUT2D eigenvalue weighted by Crippen LogP contribution is -2.10. The first-order valence-corrected chi connectivity index (χ1v) is 5.51. The summed E-state index contributed by atoms with van der Waals surface area (Å²) in [5.74, 6) is -0.713. The van der Waals surface area contributed by atoms with E-state index in [9.17, 15) is 9.18 Å². The second-order valence-corrected chi connectivity index (χ2v) is 3.95. The molecule has 4 heteroatoms. The zero-order valence-electron chi connectivity index (χ0n) is 8.99. The average molecular weight is 223 g/mol. The van der Waals surface area contributed by atoms with Crippen LogP contribution in [0, 0.1) is 5.82 Å². The third kappa shape index (κ3) is 2.64. The van der Waals surface area contributed by atoms with Crippen molar-refractivity contribution >= 4 is 5.78 Å². The molecular formula is C12H14FNO2. The van der Waals surface area contributed by atoms with Gasteiger partial charge in [0.15, 0.2) is 11.6 Å². The summed E-state index contributed by atoms with van der Waals surface area (Å²) in [5.41, 5.74) is 0.132. The van der Waals surface area contributed by atoms with Crippen LogP contribution in [0.4, 0.5) is 4.39 Å². The topological polar surface area (TPSA) is 39.2 Å². The van der Waals surface area contributed by atoms with Gasteiger partial charge >= 0.3 is 0 Å². The van der Waals surface area contributed by atoms with Crippen molar-refractivity contribution in [2.45, 2.75) is 31.8 Å². The molecule has 1 aliphatic heterocycles. The Morgan fingerprint density at radius 3 is 3.19 bits per heavy atom. The number of Topliss-reactive ketones (excluding diaryl/α,β-unsaturated/α-hetero) is 1. The largest absolute Gasteiger partial charge is 0.378 e. The molecule has 16 heavy (non-hydrogen) atoms. The van der Waals surface area contributed by atoms with Crippen LogP contribution in [0.2, 0.25) is 0 Å². The lowest BCUT2D eigenvalue weighted by Gasteiger charge is -2.08. The summed E-state index contributed by atoms with van der Waals surface area (Å²) in [6, 6.07) is 1.42. The van der Waals surface area contributed by atoms with E-state index in [0.717, 1.165) is 25.6 Å². The molecule has 0 amide bonds. The van der Waals surface area contributed by atoms with E-state index in [0.29, 0.717) is 12.8 Å². The molecule has 1 unspecified atom stereocenters. The molecule has 0 radical (unpaired) electrons. The highest BCUT2D eigenvalue weighted by molar-refractivity contribution is 5.96. The van der Waals surface area contributed by atoms with E-state index in [2.05, 4.69) is 4.98 Å². The molecule has 0 saturated carbocycles. The summed E-state index contributed by atoms with van der Waals surface area (Å²) in [6.45, 7) is 0.780. The summed E-state index contributed by atoms with van der Waals surface area (Å²) in [4.78, 5) is 15.3. The first-order chi connectivity index (χ1) is 7.77. The third-order valence-electron chi connectivity index (χ3n) is 2.79. The molecule has 86 valence electrons. The standard InChI is InChI=1S/C12H14FNO2/c13-11-8-14-6-5-10(11)12(15)4-3-9-2-1-7-16-9/h5-6,8-9H,1-4,7H2. The molecule has 1 aromatic rings. The number of aromatic nitrogens is 1. The van der Waals surface area contributed by atoms with Crippen LogP contribution >= 0.6 is 0 Å². The third-order valence-corrected chi connectivity index (χ3v) is 2.79. The molecule has 3 nitrogen and oxygen atoms in total. The smallest absolute Gasteiger partial charge is 0.166 e. The predicted octanol–water partition coefficient (Wildman–Crippen LogP) is 2.36. The van der Waals surface area contributed by atoms with E-state index in [-0.39, 0.29) is 17.5 Å². The van der Waals surface area contributed by atoms with Crippen LogP contribution in [-0.4, -0.2) is 23.5 Å². The maximum Gasteiger partial charge on any atom is 0.166 e. The van der Waals surface area contributed by atoms with Crippen LogP contribution in [0.1, 0.15) is 36.0 Å². The molecule has 1 atom stereocenters. The predicted molar refractivity (Wildman–Crippen MR) is 56.7 cm³/mol. The molecule has 0 N–H and O–H groups in total. The lowest BCUT2D eigenvalue weighted by atomic mass is 10.0. The van der Waals surface area contributed by atoms with Crippen molar-refractivity contribution in [1.29, 1.82) is 0 Å². The fourth-order valence-corrected chi connectivity index (χ4v) is 1.90. The van der Waals surface area contributed by atoms with Crippen LogP contribution < -0.4 is 0 Å². The van der Waals surface area contributed by atoms with Crippen LogP contribution in [0.25, 0.3) is 0 Å². The second-order valence-electron chi connectivity index (χ2n) is 3.95. The molecule has 0 spiro atoms. The highest BCUT2D eigenvalue weighted by Gasteiger charge is 2.18. The number of hydrogen-bond acceptors (Lipinski definition) is 3. The maximum absolute atomic E-state index is 13.2. The number of carbonyl (C=O) groups is 1. The number of carbonyl (C=O) groups excluding carboxylic acids is 1. The summed E-state index contributed by atoms with van der Waals surface area (Å²) in [5, 5.41) is 0. The van der Waals surface area contributed by atoms with Gasteiger partial charge in [0.25, 0.3) is 0 Å². The van der Waals surface area contributed by atoms with Gasteiger partial charge < -0.3 is 4.74 Å². The van der Waals surface area contributed by atoms with E-state index in [1.165, 1.54) is 12.3 Å². The van der Waals surface area contributed by atoms with E-state index in [1.807, 2.05) is 0 Å². The summed E-state index contributed by atoms with van der Waals surface area (Å²) in [6.07, 6.45) is 5.76. The van der Waals surface area contributed by atoms with Crippen molar-refractivity contribution in [3.63, 3.8) is 0 Å². The Morgan fingerprint density at radius 1 is 1.62 bits per heavy atom. The average Bonchev–Trinajstić information content (AvgIpc) is 2.79. The summed E-state index contributed by atoms with van der Waals surface area (Å²) in [7, 11) is 0. The van der Waals surface area contributed by atoms with Crippen molar-refractivity contribution in [3.05, 3.63) is 29.8 Å². The van der Waals surface area contributed by atoms with Crippen molar-refractivity contribution in [2.75, 3.05) is 6.61 Å². The number of pyridine rings is 1. The highest BCUT2D eigenvalue weighted by atomic mass is 19.1. The Balaban J connectivity index is 1.90. The SMILES string of the molecule is O=C(CCC1CCCO1)c1ccncc1F. The zero-order valence-corrected chi connectivity index (χ0v) is 8.99. The van der Waals surface area contributed by atoms with E-state index in [1.54, 1.807) is 0 Å². The quantitative estimate of drug-likeness (QED) is 0.735. The summed E-state index contributed by atoms with van der Waals surface area (Å²) >= 11 is 0. The normalized spacial score (nSPS) is 19.9. The highest BCUT2D eigenvalue weighted by Crippen LogP contribution is 2.18. The number of nitrogens with zero attached hydrogens (tertiary/aromatic N) is 1. The molecule has 0 aromatic carbocycles. The Morgan fingerprint density at radius 2 is 2.50 bits per heavy atom. The van der Waals surface area contributed by atoms with Gasteiger partial charge in [0.2, 0.25) is 0 Å². The maximum atomic E-state index is 13.2. The zero-order chi connectivity index (χ0) is 11.4. The Labute approximate surface area is 93.6 Å². The van der Waals surface area contributed by atoms with Crippen molar-refractivity contribution < 1.29 is 13.9 Å². The van der Waals surface area contributed by atoms with Crippen molar-refractivity contribution in [3.8, 4) is 0 Å². The minimum absolute atomic E-state index is 0.132. The van der Waals surface area contributed by atoms with Crippen LogP contribution in [0.15, 0.2) is 18.5 Å². The van der Waals surface area contributed by atoms with Gasteiger partial charge in [0.05, 0.1) is 17.9 Å². The van der Waals surface area contributed by atoms with Crippen LogP contribution in [-0.2, 0) is 4.74 Å². The molecule has 0 bridgehead atoms. The Bertz CT molecular complexity index is 375. The van der Waals surface area contributed by atoms with E-state index < -0.39 is 5.82 Å². The fraction of sp³-hybridized carbons (Fsp3) is 0.500. The van der Waals surface area contributed by atoms with Gasteiger partial charge in [0, 0.05) is 19.2 Å². The molecule has 1 saturated heterocycles. The number of hydrogen-bond donors (Lipinski definition) is 0. The first kappa shape index (κ1) is 11.2. The van der Waals surface area contributed by atoms with Gasteiger partial charge in [-0.05, 0) is 25.3 Å². The van der Waals surface area contributed by atoms with E-state index >= 15 is 0 Å². The van der Waals surface area contributed by atoms with Crippen molar-refractivity contribution in [2.24, 2.45) is 0 Å². The van der Waals surface area contributed by atoms with Crippen LogP contribution in [0.3, 0.4) is 0 Å². The van der Waals surface area contributed by atoms with Gasteiger partial charge in [-0.25, -0.2) is 4.39 Å². The first-order valence-electron chi connectivity index (χ1n) is 5.51. The molecule has 1 aliphatic rings. The number of ketones is 1. The number of rotatable bonds is 4. The van der Waals surface area contributed by atoms with Gasteiger partial charge in [-0.3, -0.25) is 9.78 Å². The monoisotopic (exact) mass is 223 g/mol. The molecule has 1 fully saturated rings. The summed E-state index contributed by atoms with van der Waals surface area (Å²) < 4.78 is 18.6. The lowest BCUT2D eigenvalue weighted by molar-refractivity contribution is 0.0856. The Kier molecular flexibility index (Phi) is 3.62. The van der Waals surface area contributed by atoms with Gasteiger partial charge in [-0.1, -0.05) is 0 Å². The second kappa shape index (κ2) is 5.16. The van der Waals surface area contributed by atoms with Gasteiger partial charge in [-0.15, -0.1) is 0 Å². The van der Waals surface area contributed by atoms with Crippen molar-refractivity contribution in [1.82, 2.24) is 4.98 Å². The van der Waals surface area contributed by atoms with Crippen LogP contribution in [0.5, 0.6) is 0 Å². The fourth-order valence-electron chi connectivity index (χ4n) is 1.90. The number of halogens is 1. The van der Waals surface area contributed by atoms with Gasteiger partial charge in [-0.2, -0.15) is 0 Å². The molecule has 2 rings (SSSR count). The molecular weight excluding hydrogens is 209 g/mol. The minimum atomic E-state index is -0.542. The van der Waals surface area contributed by atoms with E-state index in [4.69, 9.17) is 4.74 Å². The minimum Gasteiger partial charge on any atom is -0.378 e. The van der Waals surface area contributed by atoms with Gasteiger partial charge in [0.1, 0.15) is 0 Å².